The van der Waals surface area contributed by atoms with Crippen molar-refractivity contribution in [1.82, 2.24) is 5.32 Å². The topological polar surface area (TPSA) is 104 Å². The zero-order valence-electron chi connectivity index (χ0n) is 11.7. The maximum Gasteiger partial charge on any atom is 0.319 e. The van der Waals surface area contributed by atoms with Gasteiger partial charge in [0.1, 0.15) is 0 Å². The lowest BCUT2D eigenvalue weighted by molar-refractivity contribution is -0.385. The van der Waals surface area contributed by atoms with Gasteiger partial charge < -0.3 is 15.7 Å². The fourth-order valence-electron chi connectivity index (χ4n) is 2.55. The molecule has 7 nitrogen and oxygen atoms in total. The van der Waals surface area contributed by atoms with Gasteiger partial charge >= 0.3 is 11.7 Å². The molecule has 0 heterocycles. The summed E-state index contributed by atoms with van der Waals surface area (Å²) in [5.74, 6) is 0.0896. The standard InChI is InChI=1S/C14H19N3O4/c18-13-7-6-11(8-12(13)17(20)21)16-14(19)15-9-10-4-2-1-3-5-10/h6-8,10,18H,1-5,9H2,(H2,15,16,19). The lowest BCUT2D eigenvalue weighted by Crippen LogP contribution is -2.33. The molecule has 0 spiro atoms. The van der Waals surface area contributed by atoms with E-state index in [2.05, 4.69) is 10.6 Å². The van der Waals surface area contributed by atoms with Crippen LogP contribution in [0.5, 0.6) is 5.75 Å². The molecule has 0 atom stereocenters. The van der Waals surface area contributed by atoms with Crippen LogP contribution in [0, 0.1) is 16.0 Å². The molecule has 21 heavy (non-hydrogen) atoms. The van der Waals surface area contributed by atoms with Crippen LogP contribution >= 0.6 is 0 Å². The predicted molar refractivity (Wildman–Crippen MR) is 78.4 cm³/mol. The normalized spacial score (nSPS) is 15.4. The number of nitrogens with zero attached hydrogens (tertiary/aromatic N) is 1. The third-order valence-electron chi connectivity index (χ3n) is 3.71. The number of carbonyl (C=O) groups excluding carboxylic acids is 1. The summed E-state index contributed by atoms with van der Waals surface area (Å²) >= 11 is 0. The van der Waals surface area contributed by atoms with Crippen LogP contribution in [0.15, 0.2) is 18.2 Å². The van der Waals surface area contributed by atoms with E-state index in [-0.39, 0.29) is 11.7 Å². The molecule has 7 heteroatoms. The molecule has 1 fully saturated rings. The second-order valence-corrected chi connectivity index (χ2v) is 5.30. The summed E-state index contributed by atoms with van der Waals surface area (Å²) in [7, 11) is 0. The van der Waals surface area contributed by atoms with Crippen LogP contribution in [0.4, 0.5) is 16.2 Å². The molecular formula is C14H19N3O4. The van der Waals surface area contributed by atoms with Crippen LogP contribution in [-0.4, -0.2) is 22.6 Å². The number of urea groups is 1. The molecule has 1 aliphatic carbocycles. The first-order valence-corrected chi connectivity index (χ1v) is 7.08. The van der Waals surface area contributed by atoms with Crippen molar-refractivity contribution in [3.8, 4) is 5.75 Å². The minimum atomic E-state index is -0.694. The molecule has 1 aromatic carbocycles. The van der Waals surface area contributed by atoms with E-state index in [9.17, 15) is 20.0 Å². The Kier molecular flexibility index (Phi) is 4.97. The van der Waals surface area contributed by atoms with E-state index in [1.165, 1.54) is 31.4 Å². The number of phenolic OH excluding ortho intramolecular Hbond substituents is 1. The highest BCUT2D eigenvalue weighted by Crippen LogP contribution is 2.28. The Morgan fingerprint density at radius 2 is 2.05 bits per heavy atom. The molecule has 0 radical (unpaired) electrons. The van der Waals surface area contributed by atoms with Gasteiger partial charge in [0.2, 0.25) is 0 Å². The molecule has 2 amide bonds. The molecule has 0 bridgehead atoms. The monoisotopic (exact) mass is 293 g/mol. The van der Waals surface area contributed by atoms with E-state index in [0.29, 0.717) is 12.5 Å². The van der Waals surface area contributed by atoms with Gasteiger partial charge in [0.05, 0.1) is 4.92 Å². The van der Waals surface area contributed by atoms with Gasteiger partial charge in [-0.25, -0.2) is 4.79 Å². The Morgan fingerprint density at radius 3 is 2.71 bits per heavy atom. The van der Waals surface area contributed by atoms with E-state index in [4.69, 9.17) is 0 Å². The highest BCUT2D eigenvalue weighted by Gasteiger charge is 2.16. The van der Waals surface area contributed by atoms with E-state index in [1.807, 2.05) is 0 Å². The number of rotatable bonds is 4. The van der Waals surface area contributed by atoms with E-state index < -0.39 is 16.4 Å². The number of nitrogens with one attached hydrogen (secondary N) is 2. The molecule has 0 unspecified atom stereocenters. The largest absolute Gasteiger partial charge is 0.502 e. The molecule has 2 rings (SSSR count). The second kappa shape index (κ2) is 6.92. The van der Waals surface area contributed by atoms with Crippen LogP contribution < -0.4 is 10.6 Å². The number of nitro benzene ring substituents is 1. The van der Waals surface area contributed by atoms with E-state index in [0.717, 1.165) is 18.9 Å². The van der Waals surface area contributed by atoms with Gasteiger partial charge in [0.15, 0.2) is 5.75 Å². The summed E-state index contributed by atoms with van der Waals surface area (Å²) in [6.07, 6.45) is 5.94. The highest BCUT2D eigenvalue weighted by molar-refractivity contribution is 5.89. The molecule has 0 aromatic heterocycles. The molecule has 3 N–H and O–H groups in total. The lowest BCUT2D eigenvalue weighted by atomic mass is 9.89. The minimum absolute atomic E-state index is 0.278. The van der Waals surface area contributed by atoms with Gasteiger partial charge in [-0.1, -0.05) is 19.3 Å². The van der Waals surface area contributed by atoms with Gasteiger partial charge in [-0.2, -0.15) is 0 Å². The number of benzene rings is 1. The zero-order chi connectivity index (χ0) is 15.2. The lowest BCUT2D eigenvalue weighted by Gasteiger charge is -2.21. The number of nitro groups is 1. The molecule has 1 aliphatic rings. The van der Waals surface area contributed by atoms with Crippen molar-refractivity contribution >= 4 is 17.4 Å². The van der Waals surface area contributed by atoms with Crippen LogP contribution in [0.1, 0.15) is 32.1 Å². The van der Waals surface area contributed by atoms with Gasteiger partial charge in [-0.3, -0.25) is 10.1 Å². The fourth-order valence-corrected chi connectivity index (χ4v) is 2.55. The maximum absolute atomic E-state index is 11.8. The molecule has 0 aliphatic heterocycles. The highest BCUT2D eigenvalue weighted by atomic mass is 16.6. The third kappa shape index (κ3) is 4.34. The van der Waals surface area contributed by atoms with Gasteiger partial charge in [-0.05, 0) is 30.9 Å². The van der Waals surface area contributed by atoms with Crippen molar-refractivity contribution in [3.63, 3.8) is 0 Å². The summed E-state index contributed by atoms with van der Waals surface area (Å²) in [5.41, 5.74) is -0.152. The Balaban J connectivity index is 1.87. The number of aromatic hydroxyl groups is 1. The van der Waals surface area contributed by atoms with E-state index >= 15 is 0 Å². The molecule has 1 aromatic rings. The molecular weight excluding hydrogens is 274 g/mol. The quantitative estimate of drug-likeness (QED) is 0.451. The summed E-state index contributed by atoms with van der Waals surface area (Å²) in [4.78, 5) is 21.8. The fraction of sp³-hybridized carbons (Fsp3) is 0.500. The summed E-state index contributed by atoms with van der Waals surface area (Å²) in [6.45, 7) is 0.617. The number of hydrogen-bond acceptors (Lipinski definition) is 4. The Morgan fingerprint density at radius 1 is 1.33 bits per heavy atom. The number of hydrogen-bond donors (Lipinski definition) is 3. The van der Waals surface area contributed by atoms with Crippen LogP contribution in [0.2, 0.25) is 0 Å². The first-order chi connectivity index (χ1) is 10.1. The summed E-state index contributed by atoms with van der Waals surface area (Å²) in [5, 5.41) is 25.4. The van der Waals surface area contributed by atoms with Crippen molar-refractivity contribution in [2.45, 2.75) is 32.1 Å². The van der Waals surface area contributed by atoms with Gasteiger partial charge in [-0.15, -0.1) is 0 Å². The Labute approximate surface area is 122 Å². The number of anilines is 1. The van der Waals surface area contributed by atoms with Crippen LogP contribution in [0.3, 0.4) is 0 Å². The first-order valence-electron chi connectivity index (χ1n) is 7.08. The predicted octanol–water partition coefficient (Wildman–Crippen LogP) is 3.00. The SMILES string of the molecule is O=C(NCC1CCCCC1)Nc1ccc(O)c([N+](=O)[O-])c1. The average molecular weight is 293 g/mol. The Bertz CT molecular complexity index is 527. The molecule has 1 saturated carbocycles. The van der Waals surface area contributed by atoms with Crippen molar-refractivity contribution < 1.29 is 14.8 Å². The van der Waals surface area contributed by atoms with Gasteiger partial charge in [0.25, 0.3) is 0 Å². The van der Waals surface area contributed by atoms with Crippen molar-refractivity contribution in [2.75, 3.05) is 11.9 Å². The van der Waals surface area contributed by atoms with Crippen molar-refractivity contribution in [1.29, 1.82) is 0 Å². The number of phenols is 1. The summed E-state index contributed by atoms with van der Waals surface area (Å²) < 4.78 is 0. The number of carbonyl (C=O) groups is 1. The third-order valence-corrected chi connectivity index (χ3v) is 3.71. The maximum atomic E-state index is 11.8. The molecule has 114 valence electrons. The molecule has 0 saturated heterocycles. The first kappa shape index (κ1) is 15.1. The second-order valence-electron chi connectivity index (χ2n) is 5.30. The Hall–Kier alpha value is -2.31. The van der Waals surface area contributed by atoms with Gasteiger partial charge in [0, 0.05) is 18.3 Å². The zero-order valence-corrected chi connectivity index (χ0v) is 11.7. The van der Waals surface area contributed by atoms with Crippen molar-refractivity contribution in [3.05, 3.63) is 28.3 Å². The minimum Gasteiger partial charge on any atom is -0.502 e. The van der Waals surface area contributed by atoms with Crippen molar-refractivity contribution in [2.24, 2.45) is 5.92 Å². The average Bonchev–Trinajstić information content (AvgIpc) is 2.48. The smallest absolute Gasteiger partial charge is 0.319 e. The summed E-state index contributed by atoms with van der Waals surface area (Å²) in [6, 6.07) is 3.35. The number of amides is 2. The van der Waals surface area contributed by atoms with Crippen LogP contribution in [-0.2, 0) is 0 Å². The van der Waals surface area contributed by atoms with E-state index in [1.54, 1.807) is 0 Å². The van der Waals surface area contributed by atoms with Crippen LogP contribution in [0.25, 0.3) is 0 Å².